The Morgan fingerprint density at radius 3 is 2.80 bits per heavy atom. The van der Waals surface area contributed by atoms with E-state index in [1.165, 1.54) is 4.88 Å². The van der Waals surface area contributed by atoms with Gasteiger partial charge >= 0.3 is 0 Å². The molecule has 2 atom stereocenters. The first kappa shape index (κ1) is 13.0. The van der Waals surface area contributed by atoms with Gasteiger partial charge in [-0.25, -0.2) is 0 Å². The number of thiophene rings is 1. The van der Waals surface area contributed by atoms with E-state index in [9.17, 15) is 0 Å². The highest BCUT2D eigenvalue weighted by Crippen LogP contribution is 2.25. The first-order valence-corrected chi connectivity index (χ1v) is 7.42. The van der Waals surface area contributed by atoms with Crippen molar-refractivity contribution in [2.45, 2.75) is 19.0 Å². The first-order valence-electron chi connectivity index (χ1n) is 5.15. The Balaban J connectivity index is 2.66. The van der Waals surface area contributed by atoms with E-state index in [2.05, 4.69) is 42.6 Å². The summed E-state index contributed by atoms with van der Waals surface area (Å²) < 4.78 is 0. The summed E-state index contributed by atoms with van der Waals surface area (Å²) in [7, 11) is 2.16. The molecule has 0 aromatic carbocycles. The van der Waals surface area contributed by atoms with Crippen LogP contribution in [0.2, 0.25) is 0 Å². The average Bonchev–Trinajstić information content (AvgIpc) is 2.72. The van der Waals surface area contributed by atoms with Gasteiger partial charge in [0.1, 0.15) is 0 Å². The van der Waals surface area contributed by atoms with Gasteiger partial charge in [-0.05, 0) is 31.7 Å². The molecule has 0 saturated heterocycles. The fourth-order valence-corrected chi connectivity index (χ4v) is 3.24. The first-order chi connectivity index (χ1) is 7.20. The van der Waals surface area contributed by atoms with Gasteiger partial charge in [0.25, 0.3) is 0 Å². The van der Waals surface area contributed by atoms with Crippen molar-refractivity contribution in [3.05, 3.63) is 22.4 Å². The second kappa shape index (κ2) is 6.53. The molecule has 2 unspecified atom stereocenters. The predicted octanol–water partition coefficient (Wildman–Crippen LogP) is 2.43. The smallest absolute Gasteiger partial charge is 0.0564 e. The van der Waals surface area contributed by atoms with E-state index in [-0.39, 0.29) is 0 Å². The summed E-state index contributed by atoms with van der Waals surface area (Å²) in [5, 5.41) is 2.12. The van der Waals surface area contributed by atoms with Crippen LogP contribution in [0.1, 0.15) is 17.8 Å². The van der Waals surface area contributed by atoms with Crippen LogP contribution in [0, 0.1) is 0 Å². The van der Waals surface area contributed by atoms with E-state index < -0.39 is 0 Å². The van der Waals surface area contributed by atoms with Crippen molar-refractivity contribution in [1.82, 2.24) is 4.90 Å². The number of nitrogens with two attached hydrogens (primary N) is 1. The lowest BCUT2D eigenvalue weighted by Crippen LogP contribution is -2.37. The lowest BCUT2D eigenvalue weighted by molar-refractivity contribution is 0.207. The molecule has 0 aliphatic heterocycles. The third kappa shape index (κ3) is 3.48. The Morgan fingerprint density at radius 1 is 1.60 bits per heavy atom. The molecule has 0 radical (unpaired) electrons. The quantitative estimate of drug-likeness (QED) is 0.833. The van der Waals surface area contributed by atoms with E-state index in [0.717, 1.165) is 5.75 Å². The summed E-state index contributed by atoms with van der Waals surface area (Å²) in [4.78, 5) is 3.75. The molecule has 1 rings (SSSR count). The van der Waals surface area contributed by atoms with E-state index in [1.54, 1.807) is 11.3 Å². The number of hydrogen-bond donors (Lipinski definition) is 1. The van der Waals surface area contributed by atoms with Crippen molar-refractivity contribution in [3.63, 3.8) is 0 Å². The van der Waals surface area contributed by atoms with E-state index >= 15 is 0 Å². The van der Waals surface area contributed by atoms with Crippen LogP contribution in [0.5, 0.6) is 0 Å². The molecule has 4 heteroatoms. The molecular weight excluding hydrogens is 224 g/mol. The minimum Gasteiger partial charge on any atom is -0.329 e. The van der Waals surface area contributed by atoms with Gasteiger partial charge in [0, 0.05) is 23.2 Å². The number of rotatable bonds is 6. The summed E-state index contributed by atoms with van der Waals surface area (Å²) in [6.07, 6.45) is 2.15. The molecule has 0 fully saturated rings. The van der Waals surface area contributed by atoms with Crippen LogP contribution in [0.4, 0.5) is 0 Å². The summed E-state index contributed by atoms with van der Waals surface area (Å²) in [6.45, 7) is 2.95. The molecule has 15 heavy (non-hydrogen) atoms. The van der Waals surface area contributed by atoms with Crippen molar-refractivity contribution < 1.29 is 0 Å². The average molecular weight is 244 g/mol. The van der Waals surface area contributed by atoms with Crippen molar-refractivity contribution in [1.29, 1.82) is 0 Å². The van der Waals surface area contributed by atoms with E-state index in [0.29, 0.717) is 18.6 Å². The van der Waals surface area contributed by atoms with Crippen molar-refractivity contribution in [3.8, 4) is 0 Å². The maximum atomic E-state index is 5.86. The van der Waals surface area contributed by atoms with Crippen molar-refractivity contribution in [2.75, 3.05) is 25.6 Å². The van der Waals surface area contributed by atoms with Crippen LogP contribution in [0.15, 0.2) is 17.5 Å². The van der Waals surface area contributed by atoms with Crippen LogP contribution < -0.4 is 5.73 Å². The third-order valence-corrected chi connectivity index (χ3v) is 4.48. The summed E-state index contributed by atoms with van der Waals surface area (Å²) >= 11 is 3.68. The number of thioether (sulfide) groups is 1. The highest BCUT2D eigenvalue weighted by molar-refractivity contribution is 7.98. The lowest BCUT2D eigenvalue weighted by Gasteiger charge is -2.31. The van der Waals surface area contributed by atoms with Gasteiger partial charge in [-0.2, -0.15) is 11.8 Å². The van der Waals surface area contributed by atoms with E-state index in [1.807, 2.05) is 11.8 Å². The number of likely N-dealkylation sites (N-methyl/N-ethyl adjacent to an activating group) is 1. The SMILES string of the molecule is CSCC(C)N(C)C(CN)c1cccs1. The van der Waals surface area contributed by atoms with Gasteiger partial charge in [-0.1, -0.05) is 6.07 Å². The Hall–Kier alpha value is -0.0300. The Bertz CT molecular complexity index is 262. The third-order valence-electron chi connectivity index (χ3n) is 2.69. The molecule has 1 aromatic heterocycles. The van der Waals surface area contributed by atoms with Crippen LogP contribution in [-0.4, -0.2) is 36.5 Å². The fourth-order valence-electron chi connectivity index (χ4n) is 1.63. The minimum absolute atomic E-state index is 0.368. The number of nitrogens with zero attached hydrogens (tertiary/aromatic N) is 1. The second-order valence-electron chi connectivity index (χ2n) is 3.74. The monoisotopic (exact) mass is 244 g/mol. The molecule has 0 saturated carbocycles. The topological polar surface area (TPSA) is 29.3 Å². The lowest BCUT2D eigenvalue weighted by atomic mass is 10.2. The molecule has 0 spiro atoms. The van der Waals surface area contributed by atoms with Crippen LogP contribution in [0.25, 0.3) is 0 Å². The van der Waals surface area contributed by atoms with Crippen LogP contribution in [0.3, 0.4) is 0 Å². The molecule has 1 aromatic rings. The van der Waals surface area contributed by atoms with Gasteiger partial charge in [0.05, 0.1) is 6.04 Å². The molecule has 0 aliphatic rings. The maximum Gasteiger partial charge on any atom is 0.0564 e. The fraction of sp³-hybridized carbons (Fsp3) is 0.636. The molecule has 0 bridgehead atoms. The molecule has 2 nitrogen and oxygen atoms in total. The largest absolute Gasteiger partial charge is 0.329 e. The van der Waals surface area contributed by atoms with Gasteiger partial charge in [0.15, 0.2) is 0 Å². The zero-order valence-electron chi connectivity index (χ0n) is 9.64. The molecular formula is C11H20N2S2. The second-order valence-corrected chi connectivity index (χ2v) is 5.63. The Labute approximate surface area is 101 Å². The zero-order chi connectivity index (χ0) is 11.3. The van der Waals surface area contributed by atoms with Gasteiger partial charge < -0.3 is 5.73 Å². The van der Waals surface area contributed by atoms with Crippen LogP contribution >= 0.6 is 23.1 Å². The van der Waals surface area contributed by atoms with Gasteiger partial charge in [0.2, 0.25) is 0 Å². The normalized spacial score (nSPS) is 15.5. The molecule has 2 N–H and O–H groups in total. The molecule has 86 valence electrons. The Kier molecular flexibility index (Phi) is 5.68. The van der Waals surface area contributed by atoms with Crippen LogP contribution in [-0.2, 0) is 0 Å². The molecule has 0 aliphatic carbocycles. The summed E-state index contributed by atoms with van der Waals surface area (Å²) in [6, 6.07) is 5.20. The highest BCUT2D eigenvalue weighted by atomic mass is 32.2. The van der Waals surface area contributed by atoms with E-state index in [4.69, 9.17) is 5.73 Å². The predicted molar refractivity (Wildman–Crippen MR) is 71.7 cm³/mol. The maximum absolute atomic E-state index is 5.86. The standard InChI is InChI=1S/C11H20N2S2/c1-9(8-14-3)13(2)10(7-12)11-5-4-6-15-11/h4-6,9-10H,7-8,12H2,1-3H3. The highest BCUT2D eigenvalue weighted by Gasteiger charge is 2.20. The van der Waals surface area contributed by atoms with Crippen molar-refractivity contribution in [2.24, 2.45) is 5.73 Å². The van der Waals surface area contributed by atoms with Crippen molar-refractivity contribution >= 4 is 23.1 Å². The summed E-state index contributed by atoms with van der Waals surface area (Å²) in [5.74, 6) is 1.15. The van der Waals surface area contributed by atoms with Gasteiger partial charge in [-0.15, -0.1) is 11.3 Å². The van der Waals surface area contributed by atoms with Gasteiger partial charge in [-0.3, -0.25) is 4.90 Å². The zero-order valence-corrected chi connectivity index (χ0v) is 11.3. The Morgan fingerprint density at radius 2 is 2.33 bits per heavy atom. The summed E-state index contributed by atoms with van der Waals surface area (Å²) in [5.41, 5.74) is 5.86. The molecule has 0 amide bonds. The minimum atomic E-state index is 0.368. The molecule has 1 heterocycles. The number of hydrogen-bond acceptors (Lipinski definition) is 4.